The first kappa shape index (κ1) is 8.44. The maximum atomic E-state index is 11.2. The Labute approximate surface area is 75.9 Å². The Hall–Kier alpha value is -1.16. The van der Waals surface area contributed by atoms with Crippen molar-refractivity contribution in [1.82, 2.24) is 5.32 Å². The standard InChI is InChI=1S/C9H11NO3/c11-8-4-7(9(12)10-8)6-2-1-3-13-5-6/h1-5H2,(H,10,11,12)/b7-6+. The second kappa shape index (κ2) is 3.30. The summed E-state index contributed by atoms with van der Waals surface area (Å²) in [6, 6.07) is 0. The van der Waals surface area contributed by atoms with Crippen molar-refractivity contribution in [2.45, 2.75) is 19.3 Å². The monoisotopic (exact) mass is 181 g/mol. The van der Waals surface area contributed by atoms with E-state index in [0.717, 1.165) is 25.0 Å². The van der Waals surface area contributed by atoms with Crippen LogP contribution in [0.1, 0.15) is 19.3 Å². The van der Waals surface area contributed by atoms with E-state index in [4.69, 9.17) is 4.74 Å². The molecular formula is C9H11NO3. The van der Waals surface area contributed by atoms with Crippen LogP contribution in [-0.2, 0) is 14.3 Å². The van der Waals surface area contributed by atoms with Crippen molar-refractivity contribution < 1.29 is 14.3 Å². The minimum atomic E-state index is -0.231. The number of ether oxygens (including phenoxy) is 1. The molecule has 2 saturated heterocycles. The summed E-state index contributed by atoms with van der Waals surface area (Å²) in [4.78, 5) is 22.1. The summed E-state index contributed by atoms with van der Waals surface area (Å²) >= 11 is 0. The Kier molecular flexibility index (Phi) is 2.14. The summed E-state index contributed by atoms with van der Waals surface area (Å²) < 4.78 is 5.23. The predicted molar refractivity (Wildman–Crippen MR) is 44.8 cm³/mol. The minimum absolute atomic E-state index is 0.196. The van der Waals surface area contributed by atoms with Crippen LogP contribution < -0.4 is 5.32 Å². The van der Waals surface area contributed by atoms with Crippen molar-refractivity contribution in [3.8, 4) is 0 Å². The van der Waals surface area contributed by atoms with Crippen LogP contribution in [0, 0.1) is 0 Å². The van der Waals surface area contributed by atoms with Gasteiger partial charge in [-0.05, 0) is 18.4 Å². The molecule has 0 radical (unpaired) electrons. The molecule has 0 unspecified atom stereocenters. The van der Waals surface area contributed by atoms with Gasteiger partial charge in [0.15, 0.2) is 0 Å². The molecule has 2 amide bonds. The highest BCUT2D eigenvalue weighted by molar-refractivity contribution is 6.13. The lowest BCUT2D eigenvalue weighted by Gasteiger charge is -2.15. The van der Waals surface area contributed by atoms with Gasteiger partial charge in [-0.15, -0.1) is 0 Å². The zero-order valence-electron chi connectivity index (χ0n) is 7.26. The van der Waals surface area contributed by atoms with Crippen LogP contribution in [-0.4, -0.2) is 25.0 Å². The normalized spacial score (nSPS) is 29.2. The van der Waals surface area contributed by atoms with Crippen LogP contribution in [0.2, 0.25) is 0 Å². The Balaban J connectivity index is 2.21. The van der Waals surface area contributed by atoms with Gasteiger partial charge in [0.05, 0.1) is 13.0 Å². The fourth-order valence-electron chi connectivity index (χ4n) is 1.67. The number of amides is 2. The second-order valence-corrected chi connectivity index (χ2v) is 3.29. The third-order valence-corrected chi connectivity index (χ3v) is 2.33. The van der Waals surface area contributed by atoms with E-state index in [9.17, 15) is 9.59 Å². The summed E-state index contributed by atoms with van der Waals surface area (Å²) in [5.74, 6) is -0.427. The van der Waals surface area contributed by atoms with Gasteiger partial charge in [-0.3, -0.25) is 14.9 Å². The Morgan fingerprint density at radius 2 is 2.15 bits per heavy atom. The highest BCUT2D eigenvalue weighted by atomic mass is 16.5. The number of imide groups is 1. The lowest BCUT2D eigenvalue weighted by atomic mass is 10.0. The van der Waals surface area contributed by atoms with Crippen LogP contribution in [0.5, 0.6) is 0 Å². The van der Waals surface area contributed by atoms with Gasteiger partial charge in [-0.2, -0.15) is 0 Å². The number of hydrogen-bond acceptors (Lipinski definition) is 3. The average molecular weight is 181 g/mol. The van der Waals surface area contributed by atoms with E-state index in [2.05, 4.69) is 5.32 Å². The number of hydrogen-bond donors (Lipinski definition) is 1. The van der Waals surface area contributed by atoms with Gasteiger partial charge < -0.3 is 4.74 Å². The molecule has 4 nitrogen and oxygen atoms in total. The molecule has 0 aromatic heterocycles. The summed E-state index contributed by atoms with van der Waals surface area (Å²) in [6.07, 6.45) is 2.06. The molecule has 2 rings (SSSR count). The van der Waals surface area contributed by atoms with Crippen LogP contribution in [0.4, 0.5) is 0 Å². The molecule has 2 heterocycles. The summed E-state index contributed by atoms with van der Waals surface area (Å²) in [5, 5.41) is 2.27. The molecule has 4 heteroatoms. The van der Waals surface area contributed by atoms with Crippen molar-refractivity contribution in [1.29, 1.82) is 0 Å². The molecule has 0 bridgehead atoms. The van der Waals surface area contributed by atoms with Crippen LogP contribution in [0.3, 0.4) is 0 Å². The molecule has 0 atom stereocenters. The minimum Gasteiger partial charge on any atom is -0.377 e. The van der Waals surface area contributed by atoms with Gasteiger partial charge in [0.1, 0.15) is 0 Å². The van der Waals surface area contributed by atoms with Crippen LogP contribution in [0.15, 0.2) is 11.1 Å². The zero-order chi connectivity index (χ0) is 9.26. The number of carbonyl (C=O) groups excluding carboxylic acids is 2. The third kappa shape index (κ3) is 1.62. The molecule has 70 valence electrons. The van der Waals surface area contributed by atoms with Gasteiger partial charge in [0.2, 0.25) is 5.91 Å². The molecule has 2 aliphatic heterocycles. The lowest BCUT2D eigenvalue weighted by Crippen LogP contribution is -2.20. The van der Waals surface area contributed by atoms with Gasteiger partial charge in [-0.1, -0.05) is 0 Å². The number of rotatable bonds is 0. The third-order valence-electron chi connectivity index (χ3n) is 2.33. The highest BCUT2D eigenvalue weighted by Crippen LogP contribution is 2.21. The molecule has 0 aromatic rings. The molecule has 0 aromatic carbocycles. The lowest BCUT2D eigenvalue weighted by molar-refractivity contribution is -0.124. The van der Waals surface area contributed by atoms with E-state index in [1.54, 1.807) is 0 Å². The average Bonchev–Trinajstić information content (AvgIpc) is 2.47. The number of nitrogens with one attached hydrogen (secondary N) is 1. The fourth-order valence-corrected chi connectivity index (χ4v) is 1.67. The van der Waals surface area contributed by atoms with Crippen molar-refractivity contribution in [2.75, 3.05) is 13.2 Å². The van der Waals surface area contributed by atoms with E-state index in [-0.39, 0.29) is 18.2 Å². The van der Waals surface area contributed by atoms with Gasteiger partial charge in [0, 0.05) is 12.2 Å². The Morgan fingerprint density at radius 3 is 2.69 bits per heavy atom. The van der Waals surface area contributed by atoms with Gasteiger partial charge in [0.25, 0.3) is 5.91 Å². The number of carbonyl (C=O) groups is 2. The Bertz CT molecular complexity index is 285. The first-order valence-electron chi connectivity index (χ1n) is 4.40. The molecule has 2 fully saturated rings. The van der Waals surface area contributed by atoms with E-state index in [1.165, 1.54) is 0 Å². The molecule has 13 heavy (non-hydrogen) atoms. The summed E-state index contributed by atoms with van der Waals surface area (Å²) in [7, 11) is 0. The van der Waals surface area contributed by atoms with Gasteiger partial charge in [-0.25, -0.2) is 0 Å². The molecule has 2 aliphatic rings. The van der Waals surface area contributed by atoms with Crippen molar-refractivity contribution in [2.24, 2.45) is 0 Å². The largest absolute Gasteiger partial charge is 0.377 e. The van der Waals surface area contributed by atoms with Gasteiger partial charge >= 0.3 is 0 Å². The van der Waals surface area contributed by atoms with E-state index < -0.39 is 0 Å². The van der Waals surface area contributed by atoms with Crippen LogP contribution >= 0.6 is 0 Å². The molecular weight excluding hydrogens is 170 g/mol. The van der Waals surface area contributed by atoms with Crippen molar-refractivity contribution >= 4 is 11.8 Å². The van der Waals surface area contributed by atoms with E-state index in [1.807, 2.05) is 0 Å². The smallest absolute Gasteiger partial charge is 0.254 e. The Morgan fingerprint density at radius 1 is 1.31 bits per heavy atom. The van der Waals surface area contributed by atoms with Crippen molar-refractivity contribution in [3.05, 3.63) is 11.1 Å². The predicted octanol–water partition coefficient (Wildman–Crippen LogP) is 0.140. The van der Waals surface area contributed by atoms with E-state index >= 15 is 0 Å². The van der Waals surface area contributed by atoms with E-state index in [0.29, 0.717) is 12.2 Å². The molecule has 0 aliphatic carbocycles. The highest BCUT2D eigenvalue weighted by Gasteiger charge is 2.27. The summed E-state index contributed by atoms with van der Waals surface area (Å²) in [6.45, 7) is 1.27. The molecule has 1 N–H and O–H groups in total. The molecule has 0 saturated carbocycles. The first-order chi connectivity index (χ1) is 6.27. The maximum Gasteiger partial charge on any atom is 0.254 e. The molecule has 0 spiro atoms. The quantitative estimate of drug-likeness (QED) is 0.427. The van der Waals surface area contributed by atoms with Crippen LogP contribution in [0.25, 0.3) is 0 Å². The SMILES string of the molecule is O=C1C/C(=C2/CCCOC2)C(=O)N1. The first-order valence-corrected chi connectivity index (χ1v) is 4.40. The maximum absolute atomic E-state index is 11.2. The zero-order valence-corrected chi connectivity index (χ0v) is 7.26. The topological polar surface area (TPSA) is 55.4 Å². The van der Waals surface area contributed by atoms with Crippen molar-refractivity contribution in [3.63, 3.8) is 0 Å². The second-order valence-electron chi connectivity index (χ2n) is 3.29. The summed E-state index contributed by atoms with van der Waals surface area (Å²) in [5.41, 5.74) is 1.62. The fraction of sp³-hybridized carbons (Fsp3) is 0.556.